The van der Waals surface area contributed by atoms with Crippen LogP contribution in [0.4, 0.5) is 13.2 Å². The molecule has 0 saturated carbocycles. The monoisotopic (exact) mass is 444 g/mol. The molecule has 0 saturated heterocycles. The highest BCUT2D eigenvalue weighted by Crippen LogP contribution is 2.42. The van der Waals surface area contributed by atoms with Crippen LogP contribution in [0.2, 0.25) is 0 Å². The average molecular weight is 444 g/mol. The van der Waals surface area contributed by atoms with Crippen molar-refractivity contribution in [1.29, 1.82) is 0 Å². The molecular weight excluding hydrogens is 425 g/mol. The van der Waals surface area contributed by atoms with Crippen molar-refractivity contribution in [3.05, 3.63) is 61.4 Å². The predicted octanol–water partition coefficient (Wildman–Crippen LogP) is 3.71. The normalized spacial score (nSPS) is 17.2. The zero-order chi connectivity index (χ0) is 23.1. The SMILES string of the molecule is CCc1c2c(nc3cc(C(F)(F)F)c(C)c(C)c13)-c1cc3c(c(=O)n1C2)COC(=O)C3O. The molecule has 1 atom stereocenters. The van der Waals surface area contributed by atoms with Gasteiger partial charge in [-0.2, -0.15) is 13.2 Å². The van der Waals surface area contributed by atoms with E-state index in [0.29, 0.717) is 28.8 Å². The standard InChI is InChI=1S/C23H19F3N2O4/c1-4-11-13-7-28-17(5-12-14(21(28)30)8-32-22(31)20(12)29)19(13)27-16-6-15(23(24,25)26)9(2)10(3)18(11)16/h5-6,20,29H,4,7-8H2,1-3H3. The Kier molecular flexibility index (Phi) is 4.30. The summed E-state index contributed by atoms with van der Waals surface area (Å²) in [6.07, 6.45) is -5.57. The largest absolute Gasteiger partial charge is 0.458 e. The first-order valence-electron chi connectivity index (χ1n) is 10.2. The maximum Gasteiger partial charge on any atom is 0.416 e. The maximum atomic E-state index is 13.6. The fraction of sp³-hybridized carbons (Fsp3) is 0.348. The number of aliphatic hydroxyl groups excluding tert-OH is 1. The molecule has 3 aromatic rings. The summed E-state index contributed by atoms with van der Waals surface area (Å²) in [6.45, 7) is 5.01. The van der Waals surface area contributed by atoms with Gasteiger partial charge in [-0.3, -0.25) is 4.79 Å². The molecule has 9 heteroatoms. The molecule has 0 spiro atoms. The van der Waals surface area contributed by atoms with Crippen LogP contribution in [0, 0.1) is 13.8 Å². The molecule has 0 radical (unpaired) electrons. The molecule has 166 valence electrons. The number of halogens is 3. The van der Waals surface area contributed by atoms with E-state index >= 15 is 0 Å². The van der Waals surface area contributed by atoms with Gasteiger partial charge in [0.25, 0.3) is 5.56 Å². The van der Waals surface area contributed by atoms with Crippen molar-refractivity contribution in [2.75, 3.05) is 0 Å². The quantitative estimate of drug-likeness (QED) is 0.453. The van der Waals surface area contributed by atoms with Gasteiger partial charge in [0, 0.05) is 16.5 Å². The number of carbonyl (C=O) groups is 1. The number of fused-ring (bicyclic) bond motifs is 5. The number of nitrogens with zero attached hydrogens (tertiary/aromatic N) is 2. The summed E-state index contributed by atoms with van der Waals surface area (Å²) in [5.41, 5.74) is 2.46. The number of esters is 1. The Morgan fingerprint density at radius 1 is 1.19 bits per heavy atom. The number of carbonyl (C=O) groups excluding carboxylic acids is 1. The third-order valence-corrected chi connectivity index (χ3v) is 6.59. The Bertz CT molecular complexity index is 1410. The highest BCUT2D eigenvalue weighted by Gasteiger charge is 2.37. The molecule has 2 aromatic heterocycles. The number of rotatable bonds is 1. The van der Waals surface area contributed by atoms with Crippen LogP contribution in [-0.2, 0) is 35.3 Å². The van der Waals surface area contributed by atoms with Crippen LogP contribution < -0.4 is 5.56 Å². The first-order valence-corrected chi connectivity index (χ1v) is 10.2. The summed E-state index contributed by atoms with van der Waals surface area (Å²) in [4.78, 5) is 29.5. The highest BCUT2D eigenvalue weighted by atomic mass is 19.4. The van der Waals surface area contributed by atoms with Gasteiger partial charge in [0.1, 0.15) is 6.61 Å². The second-order valence-corrected chi connectivity index (χ2v) is 8.20. The van der Waals surface area contributed by atoms with Crippen molar-refractivity contribution < 1.29 is 27.8 Å². The van der Waals surface area contributed by atoms with Gasteiger partial charge in [0.05, 0.1) is 34.6 Å². The number of ether oxygens (including phenoxy) is 1. The molecule has 1 aromatic carbocycles. The lowest BCUT2D eigenvalue weighted by Crippen LogP contribution is -2.32. The van der Waals surface area contributed by atoms with Gasteiger partial charge in [-0.1, -0.05) is 6.92 Å². The summed E-state index contributed by atoms with van der Waals surface area (Å²) in [5.74, 6) is -0.846. The van der Waals surface area contributed by atoms with Crippen LogP contribution in [0.5, 0.6) is 0 Å². The van der Waals surface area contributed by atoms with Gasteiger partial charge < -0.3 is 14.4 Å². The number of alkyl halides is 3. The fourth-order valence-electron chi connectivity index (χ4n) is 4.87. The molecular formula is C23H19F3N2O4. The van der Waals surface area contributed by atoms with E-state index in [9.17, 15) is 27.9 Å². The lowest BCUT2D eigenvalue weighted by atomic mass is 9.91. The smallest absolute Gasteiger partial charge is 0.416 e. The van der Waals surface area contributed by atoms with E-state index in [4.69, 9.17) is 4.74 Å². The predicted molar refractivity (Wildman–Crippen MR) is 109 cm³/mol. The number of hydrogen-bond donors (Lipinski definition) is 1. The maximum absolute atomic E-state index is 13.6. The Hall–Kier alpha value is -3.20. The minimum Gasteiger partial charge on any atom is -0.458 e. The number of aryl methyl sites for hydroxylation is 2. The lowest BCUT2D eigenvalue weighted by Gasteiger charge is -2.21. The molecule has 2 aliphatic rings. The van der Waals surface area contributed by atoms with Gasteiger partial charge in [-0.25, -0.2) is 9.78 Å². The van der Waals surface area contributed by atoms with Crippen LogP contribution in [0.15, 0.2) is 16.9 Å². The van der Waals surface area contributed by atoms with E-state index in [-0.39, 0.29) is 35.4 Å². The lowest BCUT2D eigenvalue weighted by molar-refractivity contribution is -0.157. The van der Waals surface area contributed by atoms with Gasteiger partial charge in [-0.05, 0) is 49.1 Å². The molecule has 4 heterocycles. The second-order valence-electron chi connectivity index (χ2n) is 8.20. The number of benzene rings is 1. The van der Waals surface area contributed by atoms with Crippen LogP contribution in [0.1, 0.15) is 52.0 Å². The minimum absolute atomic E-state index is 0.154. The van der Waals surface area contributed by atoms with Crippen LogP contribution in [0.3, 0.4) is 0 Å². The molecule has 0 bridgehead atoms. The minimum atomic E-state index is -4.52. The van der Waals surface area contributed by atoms with E-state index < -0.39 is 29.4 Å². The van der Waals surface area contributed by atoms with Crippen molar-refractivity contribution in [3.8, 4) is 11.4 Å². The summed E-state index contributed by atoms with van der Waals surface area (Å²) in [6, 6.07) is 2.58. The Balaban J connectivity index is 1.85. The van der Waals surface area contributed by atoms with E-state index in [0.717, 1.165) is 17.2 Å². The average Bonchev–Trinajstić information content (AvgIpc) is 3.10. The third-order valence-electron chi connectivity index (χ3n) is 6.59. The van der Waals surface area contributed by atoms with Crippen molar-refractivity contribution >= 4 is 16.9 Å². The van der Waals surface area contributed by atoms with Crippen molar-refractivity contribution in [2.45, 2.75) is 52.6 Å². The summed E-state index contributed by atoms with van der Waals surface area (Å²) < 4.78 is 47.3. The number of hydrogen-bond acceptors (Lipinski definition) is 5. The summed E-state index contributed by atoms with van der Waals surface area (Å²) >= 11 is 0. The van der Waals surface area contributed by atoms with Crippen molar-refractivity contribution in [1.82, 2.24) is 9.55 Å². The molecule has 0 aliphatic carbocycles. The van der Waals surface area contributed by atoms with E-state index in [2.05, 4.69) is 4.98 Å². The molecule has 6 nitrogen and oxygen atoms in total. The third kappa shape index (κ3) is 2.67. The summed E-state index contributed by atoms with van der Waals surface area (Å²) in [5, 5.41) is 10.9. The molecule has 1 unspecified atom stereocenters. The molecule has 32 heavy (non-hydrogen) atoms. The number of aromatic nitrogens is 2. The van der Waals surface area contributed by atoms with Gasteiger partial charge in [-0.15, -0.1) is 0 Å². The second kappa shape index (κ2) is 6.65. The van der Waals surface area contributed by atoms with Crippen LogP contribution in [-0.4, -0.2) is 20.6 Å². The number of aliphatic hydroxyl groups is 1. The number of cyclic esters (lactones) is 1. The molecule has 5 rings (SSSR count). The Morgan fingerprint density at radius 2 is 1.91 bits per heavy atom. The fourth-order valence-corrected chi connectivity index (χ4v) is 4.87. The highest BCUT2D eigenvalue weighted by molar-refractivity contribution is 5.92. The zero-order valence-corrected chi connectivity index (χ0v) is 17.6. The summed E-state index contributed by atoms with van der Waals surface area (Å²) in [7, 11) is 0. The van der Waals surface area contributed by atoms with E-state index in [1.54, 1.807) is 6.92 Å². The topological polar surface area (TPSA) is 81.4 Å². The van der Waals surface area contributed by atoms with Crippen LogP contribution in [0.25, 0.3) is 22.3 Å². The zero-order valence-electron chi connectivity index (χ0n) is 17.6. The van der Waals surface area contributed by atoms with Crippen molar-refractivity contribution in [3.63, 3.8) is 0 Å². The van der Waals surface area contributed by atoms with Gasteiger partial charge >= 0.3 is 12.1 Å². The molecule has 0 fully saturated rings. The van der Waals surface area contributed by atoms with Gasteiger partial charge in [0.2, 0.25) is 0 Å². The van der Waals surface area contributed by atoms with Crippen LogP contribution >= 0.6 is 0 Å². The van der Waals surface area contributed by atoms with E-state index in [1.807, 2.05) is 6.92 Å². The van der Waals surface area contributed by atoms with Crippen molar-refractivity contribution in [2.24, 2.45) is 0 Å². The molecule has 0 amide bonds. The molecule has 2 aliphatic heterocycles. The Morgan fingerprint density at radius 3 is 2.56 bits per heavy atom. The van der Waals surface area contributed by atoms with E-state index in [1.165, 1.54) is 17.6 Å². The Labute approximate surface area is 180 Å². The first-order chi connectivity index (χ1) is 15.0. The molecule has 1 N–H and O–H groups in total. The van der Waals surface area contributed by atoms with Gasteiger partial charge in [0.15, 0.2) is 6.10 Å². The first kappa shape index (κ1) is 20.7. The number of pyridine rings is 2.